The summed E-state index contributed by atoms with van der Waals surface area (Å²) in [6.07, 6.45) is 0. The van der Waals surface area contributed by atoms with E-state index in [2.05, 4.69) is 15.2 Å². The molecule has 0 bridgehead atoms. The molecule has 0 spiro atoms. The zero-order chi connectivity index (χ0) is 16.0. The number of aromatic nitrogens is 4. The summed E-state index contributed by atoms with van der Waals surface area (Å²) in [6, 6.07) is 15.1. The van der Waals surface area contributed by atoms with Gasteiger partial charge in [-0.05, 0) is 42.9 Å². The summed E-state index contributed by atoms with van der Waals surface area (Å²) in [5.74, 6) is 0. The number of nitrogens with one attached hydrogen (secondary N) is 1. The summed E-state index contributed by atoms with van der Waals surface area (Å²) < 4.78 is 1.79. The smallest absolute Gasteiger partial charge is 0.287 e. The summed E-state index contributed by atoms with van der Waals surface area (Å²) in [5, 5.41) is 9.06. The zero-order valence-electron chi connectivity index (χ0n) is 12.3. The standard InChI is InChI=1S/C17H12N4OS/c1-10-5-4-6-11(9-10)21-16(22)15-14(18-17(21)23)12-7-2-3-8-13(12)19-20-15/h2-9H,1H3,(H,18,23). The van der Waals surface area contributed by atoms with Crippen LogP contribution in [-0.4, -0.2) is 19.7 Å². The second kappa shape index (κ2) is 5.10. The summed E-state index contributed by atoms with van der Waals surface area (Å²) >= 11 is 5.41. The van der Waals surface area contributed by atoms with Crippen molar-refractivity contribution in [2.45, 2.75) is 6.92 Å². The van der Waals surface area contributed by atoms with Gasteiger partial charge in [0, 0.05) is 5.39 Å². The summed E-state index contributed by atoms with van der Waals surface area (Å²) in [4.78, 5) is 16.0. The lowest BCUT2D eigenvalue weighted by Gasteiger charge is -2.09. The predicted octanol–water partition coefficient (Wildman–Crippen LogP) is 3.30. The van der Waals surface area contributed by atoms with Crippen LogP contribution >= 0.6 is 12.2 Å². The Morgan fingerprint density at radius 2 is 1.91 bits per heavy atom. The van der Waals surface area contributed by atoms with Crippen molar-refractivity contribution in [3.8, 4) is 5.69 Å². The van der Waals surface area contributed by atoms with Crippen molar-refractivity contribution in [1.82, 2.24) is 19.7 Å². The van der Waals surface area contributed by atoms with Gasteiger partial charge in [0.25, 0.3) is 5.56 Å². The maximum atomic E-state index is 12.9. The Hall–Kier alpha value is -2.86. The minimum absolute atomic E-state index is 0.271. The van der Waals surface area contributed by atoms with Gasteiger partial charge in [0.05, 0.1) is 16.7 Å². The van der Waals surface area contributed by atoms with Crippen LogP contribution in [0.5, 0.6) is 0 Å². The number of benzene rings is 2. The van der Waals surface area contributed by atoms with Crippen LogP contribution in [-0.2, 0) is 0 Å². The third-order valence-corrected chi connectivity index (χ3v) is 4.05. The molecule has 2 heterocycles. The lowest BCUT2D eigenvalue weighted by molar-refractivity contribution is 0.924. The molecular weight excluding hydrogens is 308 g/mol. The van der Waals surface area contributed by atoms with E-state index in [1.165, 1.54) is 4.57 Å². The molecule has 112 valence electrons. The molecule has 0 saturated heterocycles. The highest BCUT2D eigenvalue weighted by Gasteiger charge is 2.12. The maximum Gasteiger partial charge on any atom is 0.287 e. The van der Waals surface area contributed by atoms with Gasteiger partial charge in [-0.25, -0.2) is 0 Å². The lowest BCUT2D eigenvalue weighted by Crippen LogP contribution is -2.22. The molecule has 5 nitrogen and oxygen atoms in total. The number of H-pyrrole nitrogens is 1. The van der Waals surface area contributed by atoms with Gasteiger partial charge in [-0.1, -0.05) is 30.3 Å². The summed E-state index contributed by atoms with van der Waals surface area (Å²) in [7, 11) is 0. The van der Waals surface area contributed by atoms with Crippen molar-refractivity contribution in [1.29, 1.82) is 0 Å². The van der Waals surface area contributed by atoms with Gasteiger partial charge in [0.2, 0.25) is 0 Å². The van der Waals surface area contributed by atoms with Gasteiger partial charge in [0.1, 0.15) is 0 Å². The largest absolute Gasteiger partial charge is 0.329 e. The van der Waals surface area contributed by atoms with Crippen LogP contribution < -0.4 is 5.56 Å². The van der Waals surface area contributed by atoms with E-state index in [0.717, 1.165) is 16.5 Å². The molecule has 2 aromatic heterocycles. The highest BCUT2D eigenvalue weighted by atomic mass is 32.1. The van der Waals surface area contributed by atoms with Gasteiger partial charge < -0.3 is 4.98 Å². The average Bonchev–Trinajstić information content (AvgIpc) is 2.55. The molecule has 0 saturated carbocycles. The van der Waals surface area contributed by atoms with Gasteiger partial charge in [-0.15, -0.1) is 10.2 Å². The van der Waals surface area contributed by atoms with Gasteiger partial charge in [-0.3, -0.25) is 9.36 Å². The zero-order valence-corrected chi connectivity index (χ0v) is 13.1. The van der Waals surface area contributed by atoms with E-state index in [4.69, 9.17) is 12.2 Å². The minimum Gasteiger partial charge on any atom is -0.329 e. The van der Waals surface area contributed by atoms with Gasteiger partial charge in [-0.2, -0.15) is 0 Å². The van der Waals surface area contributed by atoms with Crippen LogP contribution in [0.25, 0.3) is 27.6 Å². The molecule has 0 amide bonds. The van der Waals surface area contributed by atoms with Crippen molar-refractivity contribution >= 4 is 34.2 Å². The van der Waals surface area contributed by atoms with Crippen LogP contribution in [0, 0.1) is 11.7 Å². The van der Waals surface area contributed by atoms with Crippen molar-refractivity contribution < 1.29 is 0 Å². The second-order valence-corrected chi connectivity index (χ2v) is 5.74. The van der Waals surface area contributed by atoms with E-state index in [9.17, 15) is 4.79 Å². The average molecular weight is 320 g/mol. The molecule has 4 aromatic rings. The van der Waals surface area contributed by atoms with Crippen LogP contribution in [0.2, 0.25) is 0 Å². The summed E-state index contributed by atoms with van der Waals surface area (Å²) in [6.45, 7) is 1.97. The fourth-order valence-corrected chi connectivity index (χ4v) is 2.98. The normalized spacial score (nSPS) is 11.2. The number of nitrogens with zero attached hydrogens (tertiary/aromatic N) is 3. The molecule has 0 fully saturated rings. The topological polar surface area (TPSA) is 63.6 Å². The molecule has 1 N–H and O–H groups in total. The first-order chi connectivity index (χ1) is 11.1. The molecule has 6 heteroatoms. The Balaban J connectivity index is 2.15. The third kappa shape index (κ3) is 2.15. The molecule has 0 aliphatic rings. The van der Waals surface area contributed by atoms with E-state index < -0.39 is 0 Å². The quantitative estimate of drug-likeness (QED) is 0.432. The Kier molecular flexibility index (Phi) is 3.06. The Bertz CT molecular complexity index is 1180. The first-order valence-electron chi connectivity index (χ1n) is 7.12. The van der Waals surface area contributed by atoms with Crippen molar-refractivity contribution in [3.63, 3.8) is 0 Å². The Morgan fingerprint density at radius 3 is 2.74 bits per heavy atom. The molecule has 23 heavy (non-hydrogen) atoms. The highest BCUT2D eigenvalue weighted by molar-refractivity contribution is 7.71. The minimum atomic E-state index is -0.271. The predicted molar refractivity (Wildman–Crippen MR) is 92.6 cm³/mol. The van der Waals surface area contributed by atoms with E-state index in [0.29, 0.717) is 16.0 Å². The van der Waals surface area contributed by atoms with Crippen LogP contribution in [0.15, 0.2) is 53.3 Å². The highest BCUT2D eigenvalue weighted by Crippen LogP contribution is 2.18. The van der Waals surface area contributed by atoms with E-state index in [1.807, 2.05) is 55.5 Å². The molecule has 0 unspecified atom stereocenters. The first kappa shape index (κ1) is 13.8. The third-order valence-electron chi connectivity index (χ3n) is 3.77. The van der Waals surface area contributed by atoms with Crippen LogP contribution in [0.3, 0.4) is 0 Å². The van der Waals surface area contributed by atoms with E-state index in [-0.39, 0.29) is 11.1 Å². The van der Waals surface area contributed by atoms with Crippen LogP contribution in [0.4, 0.5) is 0 Å². The van der Waals surface area contributed by atoms with Gasteiger partial charge in [0.15, 0.2) is 10.3 Å². The molecule has 0 aliphatic heterocycles. The Labute approximate surface area is 136 Å². The lowest BCUT2D eigenvalue weighted by atomic mass is 10.2. The van der Waals surface area contributed by atoms with Crippen LogP contribution in [0.1, 0.15) is 5.56 Å². The molecule has 0 radical (unpaired) electrons. The molecular formula is C17H12N4OS. The number of aromatic amines is 1. The monoisotopic (exact) mass is 320 g/mol. The number of fused-ring (bicyclic) bond motifs is 3. The molecule has 0 atom stereocenters. The van der Waals surface area contributed by atoms with Crippen molar-refractivity contribution in [2.75, 3.05) is 0 Å². The Morgan fingerprint density at radius 1 is 1.09 bits per heavy atom. The van der Waals surface area contributed by atoms with E-state index >= 15 is 0 Å². The number of aryl methyl sites for hydroxylation is 1. The SMILES string of the molecule is Cc1cccc(-n2c(=S)[nH]c3c(nnc4ccccc43)c2=O)c1. The summed E-state index contributed by atoms with van der Waals surface area (Å²) in [5.41, 5.74) is 3.11. The number of rotatable bonds is 1. The fourth-order valence-electron chi connectivity index (χ4n) is 2.69. The van der Waals surface area contributed by atoms with Crippen molar-refractivity contribution in [3.05, 3.63) is 69.2 Å². The molecule has 4 rings (SSSR count). The maximum absolute atomic E-state index is 12.9. The molecule has 0 aliphatic carbocycles. The molecule has 2 aromatic carbocycles. The number of hydrogen-bond acceptors (Lipinski definition) is 4. The van der Waals surface area contributed by atoms with E-state index in [1.54, 1.807) is 0 Å². The second-order valence-electron chi connectivity index (χ2n) is 5.35. The van der Waals surface area contributed by atoms with Crippen molar-refractivity contribution in [2.24, 2.45) is 0 Å². The number of hydrogen-bond donors (Lipinski definition) is 1. The first-order valence-corrected chi connectivity index (χ1v) is 7.53. The fraction of sp³-hybridized carbons (Fsp3) is 0.0588. The van der Waals surface area contributed by atoms with Gasteiger partial charge >= 0.3 is 0 Å².